The predicted molar refractivity (Wildman–Crippen MR) is 79.5 cm³/mol. The summed E-state index contributed by atoms with van der Waals surface area (Å²) in [5.41, 5.74) is 1.01. The summed E-state index contributed by atoms with van der Waals surface area (Å²) < 4.78 is 0. The second-order valence-corrected chi connectivity index (χ2v) is 7.79. The Balaban J connectivity index is 3.15. The molecule has 0 aliphatic carbocycles. The molecule has 0 aromatic carbocycles. The highest BCUT2D eigenvalue weighted by molar-refractivity contribution is 4.63. The van der Waals surface area contributed by atoms with Gasteiger partial charge in [-0.25, -0.2) is 0 Å². The van der Waals surface area contributed by atoms with Crippen LogP contribution in [0.15, 0.2) is 0 Å². The van der Waals surface area contributed by atoms with Crippen molar-refractivity contribution in [2.24, 2.45) is 10.8 Å². The molecule has 0 unspecified atom stereocenters. The Kier molecular flexibility index (Phi) is 8.11. The van der Waals surface area contributed by atoms with Crippen molar-refractivity contribution in [2.75, 3.05) is 13.1 Å². The zero-order chi connectivity index (χ0) is 13.4. The van der Waals surface area contributed by atoms with Gasteiger partial charge in [0.1, 0.15) is 0 Å². The predicted octanol–water partition coefficient (Wildman–Crippen LogP) is 5.01. The van der Waals surface area contributed by atoms with Gasteiger partial charge in [0, 0.05) is 0 Å². The Morgan fingerprint density at radius 1 is 0.588 bits per heavy atom. The van der Waals surface area contributed by atoms with E-state index in [1.54, 1.807) is 0 Å². The lowest BCUT2D eigenvalue weighted by Gasteiger charge is -2.18. The lowest BCUT2D eigenvalue weighted by molar-refractivity contribution is 0.353. The average molecular weight is 241 g/mol. The van der Waals surface area contributed by atoms with Gasteiger partial charge in [-0.3, -0.25) is 0 Å². The van der Waals surface area contributed by atoms with E-state index < -0.39 is 0 Å². The summed E-state index contributed by atoms with van der Waals surface area (Å²) in [4.78, 5) is 0. The highest BCUT2D eigenvalue weighted by Crippen LogP contribution is 2.22. The van der Waals surface area contributed by atoms with E-state index >= 15 is 0 Å². The lowest BCUT2D eigenvalue weighted by atomic mass is 9.90. The van der Waals surface area contributed by atoms with Gasteiger partial charge in [-0.05, 0) is 49.6 Å². The second-order valence-electron chi connectivity index (χ2n) is 7.79. The van der Waals surface area contributed by atoms with Crippen LogP contribution in [0.4, 0.5) is 0 Å². The monoisotopic (exact) mass is 241 g/mol. The van der Waals surface area contributed by atoms with Gasteiger partial charge in [0.2, 0.25) is 0 Å². The van der Waals surface area contributed by atoms with E-state index in [4.69, 9.17) is 0 Å². The summed E-state index contributed by atoms with van der Waals surface area (Å²) in [6, 6.07) is 0. The molecule has 0 saturated carbocycles. The molecule has 0 atom stereocenters. The van der Waals surface area contributed by atoms with Gasteiger partial charge in [-0.2, -0.15) is 0 Å². The molecular weight excluding hydrogens is 206 g/mol. The lowest BCUT2D eigenvalue weighted by Crippen LogP contribution is -2.17. The molecule has 0 radical (unpaired) electrons. The molecule has 0 rings (SSSR count). The quantitative estimate of drug-likeness (QED) is 0.589. The SMILES string of the molecule is CC(C)(C)CCCCNCCCCC(C)(C)C. The van der Waals surface area contributed by atoms with E-state index in [0.717, 1.165) is 0 Å². The molecule has 0 spiro atoms. The van der Waals surface area contributed by atoms with Crippen molar-refractivity contribution < 1.29 is 0 Å². The summed E-state index contributed by atoms with van der Waals surface area (Å²) in [5.74, 6) is 0. The fourth-order valence-corrected chi connectivity index (χ4v) is 1.94. The van der Waals surface area contributed by atoms with Crippen molar-refractivity contribution in [3.63, 3.8) is 0 Å². The summed E-state index contributed by atoms with van der Waals surface area (Å²) in [5, 5.41) is 3.56. The highest BCUT2D eigenvalue weighted by atomic mass is 14.8. The smallest absolute Gasteiger partial charge is 0.00489 e. The highest BCUT2D eigenvalue weighted by Gasteiger charge is 2.09. The van der Waals surface area contributed by atoms with E-state index in [1.165, 1.54) is 51.6 Å². The molecule has 104 valence electrons. The summed E-state index contributed by atoms with van der Waals surface area (Å²) >= 11 is 0. The van der Waals surface area contributed by atoms with Gasteiger partial charge >= 0.3 is 0 Å². The van der Waals surface area contributed by atoms with Crippen LogP contribution in [0.5, 0.6) is 0 Å². The number of hydrogen-bond acceptors (Lipinski definition) is 1. The number of hydrogen-bond donors (Lipinski definition) is 1. The van der Waals surface area contributed by atoms with Crippen molar-refractivity contribution in [2.45, 2.75) is 80.1 Å². The Bertz CT molecular complexity index is 151. The van der Waals surface area contributed by atoms with Crippen molar-refractivity contribution >= 4 is 0 Å². The Labute approximate surface area is 110 Å². The third kappa shape index (κ3) is 16.0. The Morgan fingerprint density at radius 2 is 0.941 bits per heavy atom. The second kappa shape index (κ2) is 8.13. The van der Waals surface area contributed by atoms with Crippen LogP contribution >= 0.6 is 0 Å². The molecule has 0 aromatic rings. The van der Waals surface area contributed by atoms with E-state index in [9.17, 15) is 0 Å². The molecule has 0 fully saturated rings. The van der Waals surface area contributed by atoms with Crippen molar-refractivity contribution in [1.82, 2.24) is 5.32 Å². The van der Waals surface area contributed by atoms with Crippen LogP contribution in [0.25, 0.3) is 0 Å². The van der Waals surface area contributed by atoms with Crippen LogP contribution < -0.4 is 5.32 Å². The van der Waals surface area contributed by atoms with Crippen LogP contribution in [0.3, 0.4) is 0 Å². The third-order valence-corrected chi connectivity index (χ3v) is 3.06. The molecule has 0 aromatic heterocycles. The maximum Gasteiger partial charge on any atom is -0.00489 e. The van der Waals surface area contributed by atoms with Crippen LogP contribution in [0, 0.1) is 10.8 Å². The number of rotatable bonds is 8. The fourth-order valence-electron chi connectivity index (χ4n) is 1.94. The molecule has 0 saturated heterocycles. The van der Waals surface area contributed by atoms with E-state index in [-0.39, 0.29) is 0 Å². The maximum absolute atomic E-state index is 3.56. The van der Waals surface area contributed by atoms with Crippen molar-refractivity contribution in [3.8, 4) is 0 Å². The molecular formula is C16H35N. The first-order chi connectivity index (χ1) is 7.71. The van der Waals surface area contributed by atoms with Crippen LogP contribution in [-0.2, 0) is 0 Å². The van der Waals surface area contributed by atoms with Crippen molar-refractivity contribution in [1.29, 1.82) is 0 Å². The zero-order valence-corrected chi connectivity index (χ0v) is 13.2. The maximum atomic E-state index is 3.56. The number of unbranched alkanes of at least 4 members (excludes halogenated alkanes) is 2. The zero-order valence-electron chi connectivity index (χ0n) is 13.2. The first-order valence-electron chi connectivity index (χ1n) is 7.41. The summed E-state index contributed by atoms with van der Waals surface area (Å²) in [6.07, 6.45) is 8.07. The van der Waals surface area contributed by atoms with Crippen molar-refractivity contribution in [3.05, 3.63) is 0 Å². The molecule has 0 aliphatic heterocycles. The minimum atomic E-state index is 0.507. The van der Waals surface area contributed by atoms with E-state index in [1.807, 2.05) is 0 Å². The van der Waals surface area contributed by atoms with Gasteiger partial charge in [0.25, 0.3) is 0 Å². The minimum Gasteiger partial charge on any atom is -0.317 e. The standard InChI is InChI=1S/C16H35N/c1-15(2,3)11-7-9-13-17-14-10-8-12-16(4,5)6/h17H,7-14H2,1-6H3. The normalized spacial score (nSPS) is 13.1. The topological polar surface area (TPSA) is 12.0 Å². The van der Waals surface area contributed by atoms with Crippen LogP contribution in [0.1, 0.15) is 80.1 Å². The summed E-state index contributed by atoms with van der Waals surface area (Å²) in [7, 11) is 0. The Hall–Kier alpha value is -0.0400. The molecule has 0 bridgehead atoms. The minimum absolute atomic E-state index is 0.507. The summed E-state index contributed by atoms with van der Waals surface area (Å²) in [6.45, 7) is 16.4. The molecule has 0 amide bonds. The van der Waals surface area contributed by atoms with E-state index in [0.29, 0.717) is 10.8 Å². The van der Waals surface area contributed by atoms with Gasteiger partial charge < -0.3 is 5.32 Å². The first kappa shape index (κ1) is 17.0. The largest absolute Gasteiger partial charge is 0.317 e. The molecule has 17 heavy (non-hydrogen) atoms. The van der Waals surface area contributed by atoms with E-state index in [2.05, 4.69) is 46.9 Å². The molecule has 1 N–H and O–H groups in total. The Morgan fingerprint density at radius 3 is 1.24 bits per heavy atom. The van der Waals surface area contributed by atoms with Gasteiger partial charge in [-0.1, -0.05) is 54.4 Å². The number of nitrogens with one attached hydrogen (secondary N) is 1. The average Bonchev–Trinajstić information content (AvgIpc) is 2.11. The molecule has 1 heteroatoms. The van der Waals surface area contributed by atoms with Crippen LogP contribution in [-0.4, -0.2) is 13.1 Å². The van der Waals surface area contributed by atoms with Gasteiger partial charge in [0.15, 0.2) is 0 Å². The van der Waals surface area contributed by atoms with Gasteiger partial charge in [-0.15, -0.1) is 0 Å². The molecule has 1 nitrogen and oxygen atoms in total. The van der Waals surface area contributed by atoms with Crippen LogP contribution in [0.2, 0.25) is 0 Å². The third-order valence-electron chi connectivity index (χ3n) is 3.06. The molecule has 0 aliphatic rings. The molecule has 0 heterocycles. The van der Waals surface area contributed by atoms with Gasteiger partial charge in [0.05, 0.1) is 0 Å². The first-order valence-corrected chi connectivity index (χ1v) is 7.41. The fraction of sp³-hybridized carbons (Fsp3) is 1.00.